The van der Waals surface area contributed by atoms with E-state index in [2.05, 4.69) is 9.62 Å². The number of rotatable bonds is 7. The van der Waals surface area contributed by atoms with E-state index in [9.17, 15) is 18.5 Å². The summed E-state index contributed by atoms with van der Waals surface area (Å²) in [5, 5.41) is 12.4. The van der Waals surface area contributed by atoms with Gasteiger partial charge in [0.1, 0.15) is 4.21 Å². The third kappa shape index (κ3) is 4.88. The quantitative estimate of drug-likeness (QED) is 0.575. The Hall–Kier alpha value is -1.81. The molecule has 1 aliphatic rings. The number of non-ortho nitro benzene ring substituents is 1. The normalized spacial score (nSPS) is 16.6. The van der Waals surface area contributed by atoms with Gasteiger partial charge in [0.15, 0.2) is 0 Å². The summed E-state index contributed by atoms with van der Waals surface area (Å²) in [6.45, 7) is 2.54. The Kier molecular flexibility index (Phi) is 6.02. The minimum Gasteiger partial charge on any atom is -0.303 e. The van der Waals surface area contributed by atoms with E-state index in [0.717, 1.165) is 44.5 Å². The number of hydrogen-bond acceptors (Lipinski definition) is 6. The second kappa shape index (κ2) is 8.26. The lowest BCUT2D eigenvalue weighted by Crippen LogP contribution is -2.44. The Bertz CT molecular complexity index is 827. The van der Waals surface area contributed by atoms with Gasteiger partial charge in [-0.05, 0) is 49.4 Å². The number of piperidine rings is 1. The van der Waals surface area contributed by atoms with Crippen LogP contribution in [0.2, 0.25) is 0 Å². The molecule has 1 fully saturated rings. The number of benzene rings is 1. The highest BCUT2D eigenvalue weighted by atomic mass is 32.2. The van der Waals surface area contributed by atoms with Crippen molar-refractivity contribution in [2.24, 2.45) is 0 Å². The van der Waals surface area contributed by atoms with E-state index < -0.39 is 14.9 Å². The van der Waals surface area contributed by atoms with Crippen molar-refractivity contribution >= 4 is 27.0 Å². The fraction of sp³-hybridized carbons (Fsp3) is 0.412. The number of nitro benzene ring substituents is 1. The molecule has 3 rings (SSSR count). The largest absolute Gasteiger partial charge is 0.303 e. The van der Waals surface area contributed by atoms with Crippen LogP contribution >= 0.6 is 11.3 Å². The third-order valence-electron chi connectivity index (χ3n) is 4.53. The number of nitrogens with zero attached hydrogens (tertiary/aromatic N) is 2. The number of thiophene rings is 1. The number of hydrogen-bond donors (Lipinski definition) is 1. The highest BCUT2D eigenvalue weighted by molar-refractivity contribution is 7.91. The van der Waals surface area contributed by atoms with Crippen molar-refractivity contribution in [3.63, 3.8) is 0 Å². The van der Waals surface area contributed by atoms with E-state index in [1.54, 1.807) is 29.6 Å². The average molecular weight is 396 g/mol. The molecule has 0 unspecified atom stereocenters. The molecule has 1 N–H and O–H groups in total. The van der Waals surface area contributed by atoms with Crippen LogP contribution in [-0.2, 0) is 16.4 Å². The molecule has 0 saturated carbocycles. The molecule has 0 aliphatic carbocycles. The summed E-state index contributed by atoms with van der Waals surface area (Å²) in [6.07, 6.45) is 2.39. The molecule has 0 amide bonds. The van der Waals surface area contributed by atoms with Crippen molar-refractivity contribution in [1.82, 2.24) is 9.62 Å². The lowest BCUT2D eigenvalue weighted by Gasteiger charge is -2.32. The van der Waals surface area contributed by atoms with Gasteiger partial charge in [-0.15, -0.1) is 11.3 Å². The van der Waals surface area contributed by atoms with Gasteiger partial charge in [0.25, 0.3) is 5.69 Å². The van der Waals surface area contributed by atoms with Crippen molar-refractivity contribution in [1.29, 1.82) is 0 Å². The number of nitrogens with one attached hydrogen (secondary N) is 1. The van der Waals surface area contributed by atoms with E-state index in [4.69, 9.17) is 0 Å². The smallest absolute Gasteiger partial charge is 0.269 e. The van der Waals surface area contributed by atoms with Gasteiger partial charge in [-0.2, -0.15) is 0 Å². The maximum absolute atomic E-state index is 12.3. The molecular weight excluding hydrogens is 374 g/mol. The van der Waals surface area contributed by atoms with Gasteiger partial charge in [-0.25, -0.2) is 13.1 Å². The highest BCUT2D eigenvalue weighted by Gasteiger charge is 2.25. The molecule has 1 aliphatic heterocycles. The molecule has 1 aromatic carbocycles. The molecule has 0 spiro atoms. The first-order chi connectivity index (χ1) is 12.4. The van der Waals surface area contributed by atoms with Crippen molar-refractivity contribution in [2.45, 2.75) is 29.5 Å². The topological polar surface area (TPSA) is 92.6 Å². The first kappa shape index (κ1) is 19.0. The fourth-order valence-electron chi connectivity index (χ4n) is 3.04. The fourth-order valence-corrected chi connectivity index (χ4v) is 5.35. The molecule has 26 heavy (non-hydrogen) atoms. The van der Waals surface area contributed by atoms with Crippen LogP contribution in [0.5, 0.6) is 0 Å². The summed E-state index contributed by atoms with van der Waals surface area (Å²) in [4.78, 5) is 12.6. The summed E-state index contributed by atoms with van der Waals surface area (Å²) in [7, 11) is -3.41. The lowest BCUT2D eigenvalue weighted by molar-refractivity contribution is -0.384. The number of likely N-dealkylation sites (tertiary alicyclic amines) is 1. The second-order valence-electron chi connectivity index (χ2n) is 6.34. The zero-order valence-electron chi connectivity index (χ0n) is 14.2. The predicted molar refractivity (Wildman–Crippen MR) is 101 cm³/mol. The summed E-state index contributed by atoms with van der Waals surface area (Å²) in [5.41, 5.74) is 1.17. The van der Waals surface area contributed by atoms with E-state index in [1.807, 2.05) is 0 Å². The monoisotopic (exact) mass is 395 g/mol. The molecule has 2 aromatic rings. The minimum atomic E-state index is -3.41. The van der Waals surface area contributed by atoms with E-state index >= 15 is 0 Å². The van der Waals surface area contributed by atoms with Crippen LogP contribution in [0.15, 0.2) is 46.0 Å². The van der Waals surface area contributed by atoms with E-state index in [0.29, 0.717) is 4.21 Å². The van der Waals surface area contributed by atoms with Gasteiger partial charge < -0.3 is 4.90 Å². The maximum Gasteiger partial charge on any atom is 0.269 e. The Labute approximate surface area is 156 Å². The van der Waals surface area contributed by atoms with Crippen molar-refractivity contribution in [3.05, 3.63) is 57.5 Å². The Balaban J connectivity index is 1.44. The summed E-state index contributed by atoms with van der Waals surface area (Å²) < 4.78 is 27.7. The number of nitro groups is 1. The van der Waals surface area contributed by atoms with Crippen LogP contribution in [-0.4, -0.2) is 43.9 Å². The van der Waals surface area contributed by atoms with Gasteiger partial charge in [0.2, 0.25) is 10.0 Å². The predicted octanol–water partition coefficient (Wildman–Crippen LogP) is 2.64. The van der Waals surface area contributed by atoms with Gasteiger partial charge in [-0.1, -0.05) is 18.2 Å². The van der Waals surface area contributed by atoms with E-state index in [-0.39, 0.29) is 11.7 Å². The van der Waals surface area contributed by atoms with Crippen molar-refractivity contribution in [3.8, 4) is 0 Å². The van der Waals surface area contributed by atoms with Gasteiger partial charge in [0.05, 0.1) is 4.92 Å². The summed E-state index contributed by atoms with van der Waals surface area (Å²) >= 11 is 1.22. The van der Waals surface area contributed by atoms with Crippen LogP contribution in [0.25, 0.3) is 0 Å². The van der Waals surface area contributed by atoms with Crippen molar-refractivity contribution < 1.29 is 13.3 Å². The molecule has 7 nitrogen and oxygen atoms in total. The molecule has 1 aromatic heterocycles. The van der Waals surface area contributed by atoms with Gasteiger partial charge in [-0.3, -0.25) is 10.1 Å². The molecular formula is C17H21N3O4S2. The second-order valence-corrected chi connectivity index (χ2v) is 9.23. The molecule has 140 valence electrons. The molecule has 1 saturated heterocycles. The van der Waals surface area contributed by atoms with Crippen molar-refractivity contribution in [2.75, 3.05) is 19.6 Å². The maximum atomic E-state index is 12.3. The molecule has 0 bridgehead atoms. The Morgan fingerprint density at radius 1 is 1.19 bits per heavy atom. The SMILES string of the molecule is O=[N+]([O-])c1ccc(CCN2CCC(NS(=O)(=O)c3cccs3)CC2)cc1. The molecule has 0 radical (unpaired) electrons. The zero-order chi connectivity index (χ0) is 18.6. The lowest BCUT2D eigenvalue weighted by atomic mass is 10.1. The van der Waals surface area contributed by atoms with Gasteiger partial charge >= 0.3 is 0 Å². The van der Waals surface area contributed by atoms with Crippen LogP contribution in [0.4, 0.5) is 5.69 Å². The first-order valence-corrected chi connectivity index (χ1v) is 10.8. The van der Waals surface area contributed by atoms with Crippen LogP contribution in [0.1, 0.15) is 18.4 Å². The van der Waals surface area contributed by atoms with Crippen LogP contribution < -0.4 is 4.72 Å². The Morgan fingerprint density at radius 2 is 1.88 bits per heavy atom. The average Bonchev–Trinajstić information content (AvgIpc) is 3.17. The highest BCUT2D eigenvalue weighted by Crippen LogP contribution is 2.19. The third-order valence-corrected chi connectivity index (χ3v) is 7.45. The summed E-state index contributed by atoms with van der Waals surface area (Å²) in [5.74, 6) is 0. The zero-order valence-corrected chi connectivity index (χ0v) is 15.8. The minimum absolute atomic E-state index is 0.0299. The first-order valence-electron chi connectivity index (χ1n) is 8.45. The Morgan fingerprint density at radius 3 is 2.46 bits per heavy atom. The van der Waals surface area contributed by atoms with Crippen LogP contribution in [0.3, 0.4) is 0 Å². The standard InChI is InChI=1S/C17H21N3O4S2/c21-20(22)16-5-3-14(4-6-16)7-10-19-11-8-15(9-12-19)18-26(23,24)17-2-1-13-25-17/h1-6,13,15,18H,7-12H2. The van der Waals surface area contributed by atoms with E-state index in [1.165, 1.54) is 23.5 Å². The molecule has 9 heteroatoms. The van der Waals surface area contributed by atoms with Crippen LogP contribution in [0, 0.1) is 10.1 Å². The van der Waals surface area contributed by atoms with Gasteiger partial charge in [0, 0.05) is 24.7 Å². The molecule has 0 atom stereocenters. The summed E-state index contributed by atoms with van der Waals surface area (Å²) in [6, 6.07) is 9.96. The number of sulfonamides is 1. The molecule has 2 heterocycles.